The molecular weight excluding hydrogens is 204 g/mol. The van der Waals surface area contributed by atoms with Crippen molar-refractivity contribution in [1.82, 2.24) is 0 Å². The molecule has 0 fully saturated rings. The van der Waals surface area contributed by atoms with Crippen LogP contribution in [-0.4, -0.2) is 20.0 Å². The van der Waals surface area contributed by atoms with Crippen LogP contribution in [0.2, 0.25) is 0 Å². The molecular formula is C13H14O3. The summed E-state index contributed by atoms with van der Waals surface area (Å²) in [6.07, 6.45) is 4.81. The molecule has 0 heterocycles. The van der Waals surface area contributed by atoms with Gasteiger partial charge < -0.3 is 9.47 Å². The zero-order chi connectivity index (χ0) is 11.5. The highest BCUT2D eigenvalue weighted by atomic mass is 16.5. The van der Waals surface area contributed by atoms with Crippen molar-refractivity contribution in [2.24, 2.45) is 0 Å². The van der Waals surface area contributed by atoms with E-state index in [-0.39, 0.29) is 5.78 Å². The third-order valence-electron chi connectivity index (χ3n) is 2.68. The number of fused-ring (bicyclic) bond motifs is 1. The number of Topliss-reactive ketones (excluding diaryl/α,β-unsaturated/α-hetero) is 1. The largest absolute Gasteiger partial charge is 0.493 e. The molecule has 0 N–H and O–H groups in total. The summed E-state index contributed by atoms with van der Waals surface area (Å²) in [5, 5.41) is 0. The van der Waals surface area contributed by atoms with E-state index in [1.54, 1.807) is 14.2 Å². The molecule has 0 saturated carbocycles. The van der Waals surface area contributed by atoms with Gasteiger partial charge in [-0.3, -0.25) is 4.79 Å². The normalized spacial score (nSPS) is 14.2. The summed E-state index contributed by atoms with van der Waals surface area (Å²) in [7, 11) is 3.20. The van der Waals surface area contributed by atoms with Gasteiger partial charge in [-0.15, -0.1) is 0 Å². The van der Waals surface area contributed by atoms with Gasteiger partial charge in [0.15, 0.2) is 11.5 Å². The van der Waals surface area contributed by atoms with Crippen LogP contribution in [0.15, 0.2) is 18.2 Å². The molecule has 0 bridgehead atoms. The van der Waals surface area contributed by atoms with Gasteiger partial charge in [-0.1, -0.05) is 12.2 Å². The van der Waals surface area contributed by atoms with E-state index in [2.05, 4.69) is 0 Å². The van der Waals surface area contributed by atoms with Crippen LogP contribution in [0, 0.1) is 0 Å². The lowest BCUT2D eigenvalue weighted by Crippen LogP contribution is -2.01. The topological polar surface area (TPSA) is 35.5 Å². The Morgan fingerprint density at radius 3 is 2.50 bits per heavy atom. The molecule has 0 amide bonds. The quantitative estimate of drug-likeness (QED) is 0.763. The average molecular weight is 218 g/mol. The third kappa shape index (κ3) is 1.94. The van der Waals surface area contributed by atoms with Crippen molar-refractivity contribution < 1.29 is 14.3 Å². The summed E-state index contributed by atoms with van der Waals surface area (Å²) in [5.41, 5.74) is 2.03. The number of carbonyl (C=O) groups excluding carboxylic acids is 1. The average Bonchev–Trinajstić information content (AvgIpc) is 2.47. The summed E-state index contributed by atoms with van der Waals surface area (Å²) in [6, 6.07) is 3.78. The first-order valence-electron chi connectivity index (χ1n) is 5.17. The molecule has 1 aromatic rings. The summed E-state index contributed by atoms with van der Waals surface area (Å²) in [6.45, 7) is 0. The maximum atomic E-state index is 11.5. The van der Waals surface area contributed by atoms with Crippen LogP contribution in [0.3, 0.4) is 0 Å². The van der Waals surface area contributed by atoms with E-state index in [1.807, 2.05) is 24.3 Å². The number of carbonyl (C=O) groups is 1. The van der Waals surface area contributed by atoms with Crippen LogP contribution in [0.5, 0.6) is 11.5 Å². The highest BCUT2D eigenvalue weighted by Crippen LogP contribution is 2.32. The Kier molecular flexibility index (Phi) is 2.95. The van der Waals surface area contributed by atoms with E-state index in [1.165, 1.54) is 0 Å². The lowest BCUT2D eigenvalue weighted by Gasteiger charge is -2.11. The van der Waals surface area contributed by atoms with Gasteiger partial charge in [0, 0.05) is 12.8 Å². The number of benzene rings is 1. The van der Waals surface area contributed by atoms with Crippen molar-refractivity contribution in [2.45, 2.75) is 12.8 Å². The molecule has 0 spiro atoms. The number of ketones is 1. The van der Waals surface area contributed by atoms with Crippen LogP contribution in [0.4, 0.5) is 0 Å². The highest BCUT2D eigenvalue weighted by Gasteiger charge is 2.14. The Bertz CT molecular complexity index is 447. The fraction of sp³-hybridized carbons (Fsp3) is 0.308. The molecule has 1 aromatic carbocycles. The van der Waals surface area contributed by atoms with Crippen LogP contribution < -0.4 is 9.47 Å². The van der Waals surface area contributed by atoms with Gasteiger partial charge >= 0.3 is 0 Å². The Hall–Kier alpha value is -1.77. The molecule has 3 nitrogen and oxygen atoms in total. The Balaban J connectivity index is 2.51. The predicted octanol–water partition coefficient (Wildman–Crippen LogP) is 2.23. The van der Waals surface area contributed by atoms with Gasteiger partial charge in [0.25, 0.3) is 0 Å². The molecule has 3 heteroatoms. The van der Waals surface area contributed by atoms with Crippen molar-refractivity contribution in [3.05, 3.63) is 29.3 Å². The van der Waals surface area contributed by atoms with Crippen molar-refractivity contribution >= 4 is 11.9 Å². The smallest absolute Gasteiger partial charge is 0.161 e. The number of allylic oxidation sites excluding steroid dienone is 1. The van der Waals surface area contributed by atoms with Gasteiger partial charge in [-0.05, 0) is 23.3 Å². The van der Waals surface area contributed by atoms with Crippen molar-refractivity contribution in [3.63, 3.8) is 0 Å². The van der Waals surface area contributed by atoms with E-state index in [9.17, 15) is 4.79 Å². The molecule has 84 valence electrons. The van der Waals surface area contributed by atoms with Crippen LogP contribution in [-0.2, 0) is 11.2 Å². The second-order valence-electron chi connectivity index (χ2n) is 3.73. The fourth-order valence-corrected chi connectivity index (χ4v) is 1.85. The van der Waals surface area contributed by atoms with E-state index in [0.29, 0.717) is 24.3 Å². The maximum absolute atomic E-state index is 11.5. The highest BCUT2D eigenvalue weighted by molar-refractivity contribution is 5.86. The number of hydrogen-bond donors (Lipinski definition) is 0. The molecule has 16 heavy (non-hydrogen) atoms. The van der Waals surface area contributed by atoms with Gasteiger partial charge in [-0.25, -0.2) is 0 Å². The first kappa shape index (κ1) is 10.7. The molecule has 2 rings (SSSR count). The first-order valence-corrected chi connectivity index (χ1v) is 5.17. The number of methoxy groups -OCH3 is 2. The SMILES string of the molecule is COc1cc2c(cc1OC)CC(=O)CC=C2. The summed E-state index contributed by atoms with van der Waals surface area (Å²) >= 11 is 0. The minimum absolute atomic E-state index is 0.224. The molecule has 0 radical (unpaired) electrons. The van der Waals surface area contributed by atoms with E-state index in [4.69, 9.17) is 9.47 Å². The lowest BCUT2D eigenvalue weighted by atomic mass is 10.0. The number of ether oxygens (including phenoxy) is 2. The third-order valence-corrected chi connectivity index (χ3v) is 2.68. The van der Waals surface area contributed by atoms with Gasteiger partial charge in [-0.2, -0.15) is 0 Å². The minimum Gasteiger partial charge on any atom is -0.493 e. The van der Waals surface area contributed by atoms with Gasteiger partial charge in [0.05, 0.1) is 14.2 Å². The Morgan fingerprint density at radius 1 is 1.12 bits per heavy atom. The molecule has 0 saturated heterocycles. The maximum Gasteiger partial charge on any atom is 0.161 e. The van der Waals surface area contributed by atoms with Crippen molar-refractivity contribution in [2.75, 3.05) is 14.2 Å². The standard InChI is InChI=1S/C13H14O3/c1-15-12-7-9-4-3-5-11(14)6-10(9)8-13(12)16-2/h3-4,7-8H,5-6H2,1-2H3. The molecule has 0 unspecified atom stereocenters. The van der Waals surface area contributed by atoms with Crippen LogP contribution in [0.25, 0.3) is 6.08 Å². The van der Waals surface area contributed by atoms with Crippen LogP contribution >= 0.6 is 0 Å². The van der Waals surface area contributed by atoms with Gasteiger partial charge in [0.1, 0.15) is 5.78 Å². The van der Waals surface area contributed by atoms with Crippen LogP contribution in [0.1, 0.15) is 17.5 Å². The Morgan fingerprint density at radius 2 is 1.81 bits per heavy atom. The monoisotopic (exact) mass is 218 g/mol. The van der Waals surface area contributed by atoms with Gasteiger partial charge in [0.2, 0.25) is 0 Å². The molecule has 0 aliphatic heterocycles. The summed E-state index contributed by atoms with van der Waals surface area (Å²) in [4.78, 5) is 11.5. The molecule has 0 aromatic heterocycles. The molecule has 1 aliphatic rings. The minimum atomic E-state index is 0.224. The zero-order valence-electron chi connectivity index (χ0n) is 9.45. The van der Waals surface area contributed by atoms with E-state index in [0.717, 1.165) is 11.1 Å². The lowest BCUT2D eigenvalue weighted by molar-refractivity contribution is -0.117. The Labute approximate surface area is 94.7 Å². The second-order valence-corrected chi connectivity index (χ2v) is 3.73. The fourth-order valence-electron chi connectivity index (χ4n) is 1.85. The predicted molar refractivity (Wildman–Crippen MR) is 61.9 cm³/mol. The van der Waals surface area contributed by atoms with E-state index >= 15 is 0 Å². The second kappa shape index (κ2) is 4.39. The summed E-state index contributed by atoms with van der Waals surface area (Å²) < 4.78 is 10.4. The van der Waals surface area contributed by atoms with Crippen molar-refractivity contribution in [1.29, 1.82) is 0 Å². The molecule has 0 atom stereocenters. The first-order chi connectivity index (χ1) is 7.74. The molecule has 1 aliphatic carbocycles. The van der Waals surface area contributed by atoms with E-state index < -0.39 is 0 Å². The zero-order valence-corrected chi connectivity index (χ0v) is 9.45. The number of rotatable bonds is 2. The summed E-state index contributed by atoms with van der Waals surface area (Å²) in [5.74, 6) is 1.59. The van der Waals surface area contributed by atoms with Crippen molar-refractivity contribution in [3.8, 4) is 11.5 Å². The number of hydrogen-bond acceptors (Lipinski definition) is 3.